The van der Waals surface area contributed by atoms with Gasteiger partial charge in [-0.1, -0.05) is 69.2 Å². The van der Waals surface area contributed by atoms with Crippen LogP contribution in [0.15, 0.2) is 0 Å². The van der Waals surface area contributed by atoms with E-state index in [1.807, 2.05) is 0 Å². The van der Waals surface area contributed by atoms with E-state index in [-0.39, 0.29) is 21.1 Å². The second-order valence-electron chi connectivity index (χ2n) is 9.57. The van der Waals surface area contributed by atoms with Crippen LogP contribution in [0.3, 0.4) is 0 Å². The molecule has 0 aromatic heterocycles. The minimum Gasteiger partial charge on any atom is -0.326 e. The van der Waals surface area contributed by atoms with Gasteiger partial charge in [0.2, 0.25) is 0 Å². The maximum atomic E-state index is 13.0. The molecule has 1 nitrogen and oxygen atoms in total. The molecule has 0 heterocycles. The first-order valence-corrected chi connectivity index (χ1v) is 8.53. The van der Waals surface area contributed by atoms with E-state index < -0.39 is 7.80 Å². The molecule has 0 bridgehead atoms. The Hall–Kier alpha value is 0.230. The molecule has 0 saturated heterocycles. The summed E-state index contributed by atoms with van der Waals surface area (Å²) in [6.45, 7) is 22.2. The molecular weight excluding hydrogens is 239 g/mol. The molecule has 0 rings (SSSR count). The Labute approximate surface area is 116 Å². The molecule has 0 aromatic carbocycles. The van der Waals surface area contributed by atoms with Crippen molar-refractivity contribution in [2.45, 2.75) is 92.4 Å². The molecule has 110 valence electrons. The van der Waals surface area contributed by atoms with Crippen molar-refractivity contribution in [1.82, 2.24) is 0 Å². The Morgan fingerprint density at radius 3 is 1.00 bits per heavy atom. The average molecular weight is 274 g/mol. The lowest BCUT2D eigenvalue weighted by Gasteiger charge is -2.41. The Balaban J connectivity index is 5.02. The van der Waals surface area contributed by atoms with Crippen LogP contribution in [-0.2, 0) is 4.57 Å². The lowest BCUT2D eigenvalue weighted by Crippen LogP contribution is -2.32. The van der Waals surface area contributed by atoms with E-state index >= 15 is 0 Å². The fourth-order valence-electron chi connectivity index (χ4n) is 3.73. The monoisotopic (exact) mass is 274 g/mol. The normalized spacial score (nSPS) is 15.3. The lowest BCUT2D eigenvalue weighted by atomic mass is 9.85. The maximum Gasteiger partial charge on any atom is 0.0868 e. The Bertz CT molecular complexity index is 270. The molecule has 0 atom stereocenters. The van der Waals surface area contributed by atoms with Crippen LogP contribution in [-0.4, -0.2) is 10.3 Å². The molecule has 0 spiro atoms. The molecule has 2 heteroatoms. The fraction of sp³-hybridized carbons (Fsp3) is 1.00. The summed E-state index contributed by atoms with van der Waals surface area (Å²) < 4.78 is 13.0. The quantitative estimate of drug-likeness (QED) is 0.577. The van der Waals surface area contributed by atoms with E-state index in [4.69, 9.17) is 0 Å². The van der Waals surface area contributed by atoms with Crippen molar-refractivity contribution in [3.05, 3.63) is 0 Å². The number of hydrogen-bond donors (Lipinski definition) is 0. The van der Waals surface area contributed by atoms with E-state index in [9.17, 15) is 4.57 Å². The zero-order chi connectivity index (χ0) is 15.0. The second-order valence-corrected chi connectivity index (χ2v) is 12.9. The van der Waals surface area contributed by atoms with E-state index in [1.54, 1.807) is 0 Å². The molecule has 0 aliphatic rings. The minimum absolute atomic E-state index is 0.0579. The van der Waals surface area contributed by atoms with E-state index in [0.29, 0.717) is 0 Å². The summed E-state index contributed by atoms with van der Waals surface area (Å²) in [6.07, 6.45) is 2.04. The van der Waals surface area contributed by atoms with Crippen LogP contribution in [0.4, 0.5) is 0 Å². The van der Waals surface area contributed by atoms with E-state index in [1.165, 1.54) is 0 Å². The lowest BCUT2D eigenvalue weighted by molar-refractivity contribution is 0.309. The highest BCUT2D eigenvalue weighted by atomic mass is 31.1. The largest absolute Gasteiger partial charge is 0.326 e. The van der Waals surface area contributed by atoms with Crippen LogP contribution in [0.25, 0.3) is 0 Å². The smallest absolute Gasteiger partial charge is 0.0868 e. The first-order valence-electron chi connectivity index (χ1n) is 7.12. The predicted octanol–water partition coefficient (Wildman–Crippen LogP) is 5.98. The molecule has 0 N–H and O–H groups in total. The van der Waals surface area contributed by atoms with Crippen molar-refractivity contribution in [2.24, 2.45) is 10.8 Å². The van der Waals surface area contributed by atoms with E-state index in [2.05, 4.69) is 69.2 Å². The summed E-state index contributed by atoms with van der Waals surface area (Å²) in [7, 11) is -1.66. The topological polar surface area (TPSA) is 17.1 Å². The Kier molecular flexibility index (Phi) is 5.38. The standard InChI is InChI=1S/C16H35OP/c1-13(2,3)11-15(7,8)18(17)16(9,10)12-14(4,5)6/h18H,11-12H2,1-10H3. The summed E-state index contributed by atoms with van der Waals surface area (Å²) in [5.41, 5.74) is 0.475. The highest BCUT2D eigenvalue weighted by Gasteiger charge is 2.41. The maximum absolute atomic E-state index is 13.0. The van der Waals surface area contributed by atoms with Crippen molar-refractivity contribution in [1.29, 1.82) is 0 Å². The van der Waals surface area contributed by atoms with Crippen molar-refractivity contribution < 1.29 is 4.57 Å². The molecule has 0 aliphatic carbocycles. The first kappa shape index (κ1) is 18.2. The molecule has 0 saturated carbocycles. The third-order valence-electron chi connectivity index (χ3n) is 3.17. The summed E-state index contributed by atoms with van der Waals surface area (Å²) >= 11 is 0. The van der Waals surface area contributed by atoms with Crippen LogP contribution >= 0.6 is 7.80 Å². The van der Waals surface area contributed by atoms with Gasteiger partial charge in [0.05, 0.1) is 7.80 Å². The number of hydrogen-bond acceptors (Lipinski definition) is 1. The predicted molar refractivity (Wildman–Crippen MR) is 85.3 cm³/mol. The van der Waals surface area contributed by atoms with Gasteiger partial charge in [-0.05, 0) is 23.7 Å². The third kappa shape index (κ3) is 6.41. The fourth-order valence-corrected chi connectivity index (χ4v) is 6.94. The van der Waals surface area contributed by atoms with Gasteiger partial charge < -0.3 is 4.57 Å². The van der Waals surface area contributed by atoms with Crippen molar-refractivity contribution in [3.8, 4) is 0 Å². The van der Waals surface area contributed by atoms with Crippen LogP contribution in [0, 0.1) is 10.8 Å². The van der Waals surface area contributed by atoms with Gasteiger partial charge in [0.1, 0.15) is 0 Å². The van der Waals surface area contributed by atoms with Gasteiger partial charge in [0.25, 0.3) is 0 Å². The summed E-state index contributed by atoms with van der Waals surface area (Å²) in [4.78, 5) is 0. The van der Waals surface area contributed by atoms with Gasteiger partial charge in [-0.2, -0.15) is 0 Å². The molecule has 0 unspecified atom stereocenters. The van der Waals surface area contributed by atoms with Crippen LogP contribution < -0.4 is 0 Å². The van der Waals surface area contributed by atoms with E-state index in [0.717, 1.165) is 12.8 Å². The molecule has 0 radical (unpaired) electrons. The second kappa shape index (κ2) is 5.31. The molecule has 0 aliphatic heterocycles. The van der Waals surface area contributed by atoms with Gasteiger partial charge in [0, 0.05) is 10.3 Å². The van der Waals surface area contributed by atoms with Gasteiger partial charge in [0.15, 0.2) is 0 Å². The minimum atomic E-state index is -1.66. The van der Waals surface area contributed by atoms with Crippen molar-refractivity contribution in [3.63, 3.8) is 0 Å². The SMILES string of the molecule is CC(C)(C)CC(C)(C)[PH](=O)C(C)(C)CC(C)(C)C. The Morgan fingerprint density at radius 2 is 0.833 bits per heavy atom. The zero-order valence-corrected chi connectivity index (χ0v) is 15.3. The van der Waals surface area contributed by atoms with Gasteiger partial charge in [-0.15, -0.1) is 0 Å². The van der Waals surface area contributed by atoms with Gasteiger partial charge in [-0.3, -0.25) is 0 Å². The highest BCUT2D eigenvalue weighted by molar-refractivity contribution is 7.48. The highest BCUT2D eigenvalue weighted by Crippen LogP contribution is 2.57. The molecule has 0 aromatic rings. The van der Waals surface area contributed by atoms with Crippen LogP contribution in [0.5, 0.6) is 0 Å². The number of rotatable bonds is 4. The van der Waals surface area contributed by atoms with Crippen molar-refractivity contribution in [2.75, 3.05) is 0 Å². The zero-order valence-electron chi connectivity index (χ0n) is 14.3. The molecule has 0 fully saturated rings. The summed E-state index contributed by atoms with van der Waals surface area (Å²) in [5, 5.41) is -0.116. The van der Waals surface area contributed by atoms with Gasteiger partial charge in [-0.25, -0.2) is 0 Å². The average Bonchev–Trinajstić information content (AvgIpc) is 1.92. The van der Waals surface area contributed by atoms with Gasteiger partial charge >= 0.3 is 0 Å². The third-order valence-corrected chi connectivity index (χ3v) is 5.99. The summed E-state index contributed by atoms with van der Waals surface area (Å²) in [5.74, 6) is 0. The molecular formula is C16H35OP. The van der Waals surface area contributed by atoms with Crippen LogP contribution in [0.2, 0.25) is 0 Å². The Morgan fingerprint density at radius 1 is 0.611 bits per heavy atom. The van der Waals surface area contributed by atoms with Crippen LogP contribution in [0.1, 0.15) is 82.1 Å². The molecule has 0 amide bonds. The molecule has 18 heavy (non-hydrogen) atoms. The summed E-state index contributed by atoms with van der Waals surface area (Å²) in [6, 6.07) is 0. The van der Waals surface area contributed by atoms with Crippen molar-refractivity contribution >= 4 is 7.80 Å². The first-order chi connectivity index (χ1) is 7.57.